The van der Waals surface area contributed by atoms with E-state index in [2.05, 4.69) is 322 Å². The summed E-state index contributed by atoms with van der Waals surface area (Å²) in [5.41, 5.74) is 30.3. The van der Waals surface area contributed by atoms with E-state index in [9.17, 15) is 27.3 Å². The Bertz CT molecular complexity index is 6480. The lowest BCUT2D eigenvalue weighted by atomic mass is 9.82. The number of nitrogen functional groups attached to an aromatic ring is 2. The first-order valence-electron chi connectivity index (χ1n) is 46.0. The van der Waals surface area contributed by atoms with E-state index in [1.807, 2.05) is 114 Å². The van der Waals surface area contributed by atoms with Gasteiger partial charge in [-0.25, -0.2) is 0 Å². The number of nitrogens with two attached hydrogens (primary N) is 2. The highest BCUT2D eigenvalue weighted by atomic mass is 35.5. The summed E-state index contributed by atoms with van der Waals surface area (Å²) in [6.45, 7) is 48.7. The number of Topliss-reactive ketones (excluding diaryl/α,β-unsaturated/α-hetero) is 1. The second-order valence-electron chi connectivity index (χ2n) is 42.9. The van der Waals surface area contributed by atoms with Crippen LogP contribution in [0.15, 0.2) is 291 Å². The Labute approximate surface area is 790 Å². The van der Waals surface area contributed by atoms with Crippen LogP contribution in [0.2, 0.25) is 0 Å². The molecule has 690 valence electrons. The van der Waals surface area contributed by atoms with Crippen LogP contribution in [0.4, 0.5) is 47.1 Å². The molecule has 0 saturated heterocycles. The molecule has 15 heteroatoms. The van der Waals surface area contributed by atoms with E-state index in [1.54, 1.807) is 20.8 Å². The van der Waals surface area contributed by atoms with Gasteiger partial charge in [-0.2, -0.15) is 0 Å². The van der Waals surface area contributed by atoms with Crippen molar-refractivity contribution >= 4 is 156 Å². The number of aryl methyl sites for hydroxylation is 1. The van der Waals surface area contributed by atoms with Crippen molar-refractivity contribution in [3.05, 3.63) is 302 Å². The Morgan fingerprint density at radius 2 is 0.609 bits per heavy atom. The van der Waals surface area contributed by atoms with Crippen molar-refractivity contribution in [2.45, 2.75) is 165 Å². The minimum Gasteiger partial charge on any atom is -1.00 e. The fraction of sp³-hybridized carbons (Fsp3) is 0.297. The van der Waals surface area contributed by atoms with Crippen LogP contribution in [-0.4, -0.2) is 50.8 Å². The van der Waals surface area contributed by atoms with Crippen molar-refractivity contribution in [1.29, 1.82) is 0 Å². The Morgan fingerprint density at radius 1 is 0.331 bits per heavy atom. The third-order valence-electron chi connectivity index (χ3n) is 23.6. The van der Waals surface area contributed by atoms with Gasteiger partial charge < -0.3 is 36.6 Å². The van der Waals surface area contributed by atoms with Crippen LogP contribution in [0.5, 0.6) is 0 Å². The molecule has 16 aromatic carbocycles. The highest BCUT2D eigenvalue weighted by Gasteiger charge is 2.34. The lowest BCUT2D eigenvalue weighted by Gasteiger charge is -2.38. The van der Waals surface area contributed by atoms with E-state index in [1.165, 1.54) is 98.7 Å². The number of amides is 1. The minimum absolute atomic E-state index is 0. The Kier molecular flexibility index (Phi) is 31.7. The van der Waals surface area contributed by atoms with Gasteiger partial charge in [0.1, 0.15) is 5.78 Å². The van der Waals surface area contributed by atoms with Gasteiger partial charge in [-0.15, -0.1) is 0 Å². The molecule has 1 heterocycles. The van der Waals surface area contributed by atoms with Gasteiger partial charge in [-0.3, -0.25) is 27.3 Å². The summed E-state index contributed by atoms with van der Waals surface area (Å²) in [6.07, 6.45) is 2.57. The maximum Gasteiger partial charge on any atom is 0.762 e. The fourth-order valence-corrected chi connectivity index (χ4v) is 17.0. The van der Waals surface area contributed by atoms with Crippen molar-refractivity contribution < 1.29 is 32.0 Å². The monoisotopic (exact) mass is 1800 g/mol. The van der Waals surface area contributed by atoms with E-state index in [0.717, 1.165) is 116 Å². The van der Waals surface area contributed by atoms with Gasteiger partial charge in [0.05, 0.1) is 6.67 Å². The molecule has 6 N–H and O–H groups in total. The van der Waals surface area contributed by atoms with Crippen LogP contribution in [0.3, 0.4) is 0 Å². The van der Waals surface area contributed by atoms with E-state index >= 15 is 0 Å². The lowest BCUT2D eigenvalue weighted by Crippen LogP contribution is -3.00. The summed E-state index contributed by atoms with van der Waals surface area (Å²) in [5.74, 6) is 0.140. The zero-order valence-electron chi connectivity index (χ0n) is 81.4. The molecule has 0 fully saturated rings. The largest absolute Gasteiger partial charge is 1.00 e. The average molecular weight is 1800 g/mol. The number of nitrogens with one attached hydrogen (secondary N) is 2. The van der Waals surface area contributed by atoms with Gasteiger partial charge in [0, 0.05) is 110 Å². The number of fused-ring (bicyclic) bond motifs is 13. The predicted molar refractivity (Wildman–Crippen MR) is 566 cm³/mol. The number of hydrogen-bond acceptors (Lipinski definition) is 8. The van der Waals surface area contributed by atoms with Gasteiger partial charge in [0.2, 0.25) is 11.1 Å². The third kappa shape index (κ3) is 25.3. The molecule has 1 aliphatic rings. The van der Waals surface area contributed by atoms with Crippen molar-refractivity contribution in [2.24, 2.45) is 37.9 Å². The highest BCUT2D eigenvalue weighted by molar-refractivity contribution is 6.64. The van der Waals surface area contributed by atoms with Crippen LogP contribution in [0, 0.1) is 37.9 Å². The van der Waals surface area contributed by atoms with Gasteiger partial charge in [-0.05, 0) is 191 Å². The Balaban J connectivity index is 0.000000165. The zero-order valence-corrected chi connectivity index (χ0v) is 82.2. The molecular weight excluding hydrogens is 1670 g/mol. The number of benzene rings is 16. The topological polar surface area (TPSA) is 134 Å². The smallest absolute Gasteiger partial charge is 0.762 e. The molecule has 133 heavy (non-hydrogen) atoms. The highest BCUT2D eigenvalue weighted by Crippen LogP contribution is 2.51. The molecular formula is C118H131BClF4N6O3-. The van der Waals surface area contributed by atoms with E-state index in [4.69, 9.17) is 23.1 Å². The Morgan fingerprint density at radius 3 is 0.925 bits per heavy atom. The zero-order chi connectivity index (χ0) is 95.7. The van der Waals surface area contributed by atoms with Crippen molar-refractivity contribution in [1.82, 2.24) is 0 Å². The first kappa shape index (κ1) is 101. The molecule has 1 amide bonds. The van der Waals surface area contributed by atoms with Crippen LogP contribution in [0.1, 0.15) is 163 Å². The quantitative estimate of drug-likeness (QED) is 0.0411. The van der Waals surface area contributed by atoms with E-state index < -0.39 is 18.4 Å². The van der Waals surface area contributed by atoms with E-state index in [-0.39, 0.29) is 43.3 Å². The number of carbonyl (C=O) groups excluding carboxylic acids is 3. The molecule has 16 aromatic rings. The molecule has 17 rings (SSSR count). The summed E-state index contributed by atoms with van der Waals surface area (Å²) in [5, 5.41) is 26.2. The summed E-state index contributed by atoms with van der Waals surface area (Å²) in [6, 6.07) is 103. The molecule has 0 aliphatic carbocycles. The van der Waals surface area contributed by atoms with Crippen molar-refractivity contribution in [3.63, 3.8) is 0 Å². The first-order chi connectivity index (χ1) is 62.1. The number of rotatable bonds is 12. The molecule has 1 aliphatic heterocycles. The predicted octanol–water partition coefficient (Wildman–Crippen LogP) is 29.7. The molecule has 0 radical (unpaired) electrons. The van der Waals surface area contributed by atoms with Crippen LogP contribution < -0.4 is 36.6 Å². The molecule has 0 unspecified atom stereocenters. The summed E-state index contributed by atoms with van der Waals surface area (Å²) >= 11 is 5.11. The minimum atomic E-state index is -3.67. The van der Waals surface area contributed by atoms with Gasteiger partial charge in [0.25, 0.3) is 0 Å². The number of carbonyl (C=O) groups is 3. The molecule has 0 saturated carbocycles. The SMILES string of the molecule is CC(C)(C)C(=O)Cc1ccc2ccccc2c1-c1c(NC(=O)C(C)(C)C)ccc2ccccc12.CC(C)(C)C(=O)Cl.CC(C)(C)CCc1ccc2ccccc2c1-c1c(NCC(C)(C)C)ccc2ccccc12.CC(C)(C)CN1CN(CC(C)(C)C)c2ccc3ccccc3c2-c2c1ccc1ccccc21.FB(F)F.Nc1ccc2ccccc2c1-c1c(N)ccc2ccccc12.[F-]. The number of halogens is 5. The maximum absolute atomic E-state index is 13.1. The van der Waals surface area contributed by atoms with Gasteiger partial charge in [-0.1, -0.05) is 400 Å². The van der Waals surface area contributed by atoms with Crippen molar-refractivity contribution in [3.8, 4) is 44.5 Å². The number of ketones is 1. The second kappa shape index (κ2) is 41.7. The summed E-state index contributed by atoms with van der Waals surface area (Å²) in [7, 11) is -3.67. The first-order valence-corrected chi connectivity index (χ1v) is 46.4. The molecule has 0 bridgehead atoms. The summed E-state index contributed by atoms with van der Waals surface area (Å²) < 4.78 is 29.0. The maximum atomic E-state index is 13.1. The van der Waals surface area contributed by atoms with Crippen LogP contribution in [-0.2, 0) is 27.2 Å². The summed E-state index contributed by atoms with van der Waals surface area (Å²) in [4.78, 5) is 41.6. The Hall–Kier alpha value is -12.5. The molecule has 0 aromatic heterocycles. The lowest BCUT2D eigenvalue weighted by molar-refractivity contribution is -0.125. The standard InChI is InChI=1S/C31H36N2.C31H33NO2.C31H37N.C20H16N2.C5H9ClO.BF3.FH/c1-30(2,3)19-32-21-33(20-31(4,5)6)27-18-16-23-12-8-10-14-25(23)29(27)28-24-13-9-7-11-22(24)15-17-26(28)32;1-30(2,3)26(33)19-22-16-15-20-11-7-9-13-23(20)27(22)28-24-14-10-8-12-21(24)17-18-25(28)32-29(34)31(4,5)6;1-30(2,3)20-19-24-16-15-22-11-7-9-13-25(22)28(24)29-26-14-10-8-12-23(26)17-18-27(29)32-21-31(4,5)6;21-17-11-9-13-5-1-3-7-15(13)19(17)20-16-8-4-2-6-14(16)10-12-18(20)22;1-5(2,3)4(6)7;2-1(3)4;/h7-18H,19-21H2,1-6H3;7-18H,19H2,1-6H3,(H,32,34);7-18,32H,19-21H2,1-6H3;1-12H,21-22H2;1-3H3;;1H/p-1. The molecule has 0 atom stereocenters. The van der Waals surface area contributed by atoms with Gasteiger partial charge in [0.15, 0.2) is 0 Å². The molecule has 9 nitrogen and oxygen atoms in total. The average Bonchev–Trinajstić information content (AvgIpc) is 1.65. The second-order valence-corrected chi connectivity index (χ2v) is 43.2. The normalized spacial score (nSPS) is 12.3. The van der Waals surface area contributed by atoms with Crippen LogP contribution in [0.25, 0.3) is 131 Å². The molecule has 0 spiro atoms. The number of hydrogen-bond donors (Lipinski definition) is 4. The fourth-order valence-electron chi connectivity index (χ4n) is 17.0. The third-order valence-corrected chi connectivity index (χ3v) is 24.2. The number of nitrogens with zero attached hydrogens (tertiary/aromatic N) is 2. The number of anilines is 6. The van der Waals surface area contributed by atoms with E-state index in [0.29, 0.717) is 11.8 Å². The van der Waals surface area contributed by atoms with Crippen molar-refractivity contribution in [2.75, 3.05) is 58.2 Å². The van der Waals surface area contributed by atoms with Crippen LogP contribution >= 0.6 is 11.6 Å². The van der Waals surface area contributed by atoms with Gasteiger partial charge >= 0.3 is 7.54 Å².